The summed E-state index contributed by atoms with van der Waals surface area (Å²) in [6, 6.07) is 7.77. The highest BCUT2D eigenvalue weighted by molar-refractivity contribution is 7.13. The van der Waals surface area contributed by atoms with Crippen LogP contribution in [-0.4, -0.2) is 47.1 Å². The van der Waals surface area contributed by atoms with E-state index in [1.54, 1.807) is 10.3 Å². The monoisotopic (exact) mass is 388 g/mol. The Labute approximate surface area is 162 Å². The number of morpholine rings is 1. The van der Waals surface area contributed by atoms with Gasteiger partial charge in [-0.25, -0.2) is 15.2 Å². The van der Waals surface area contributed by atoms with E-state index in [1.165, 1.54) is 16.9 Å². The molecular formula is C19H24N4O3S. The molecular weight excluding hydrogens is 364 g/mol. The number of amides is 3. The van der Waals surface area contributed by atoms with E-state index in [0.717, 1.165) is 17.0 Å². The van der Waals surface area contributed by atoms with Crippen LogP contribution in [0.25, 0.3) is 10.6 Å². The number of urea groups is 1. The van der Waals surface area contributed by atoms with Crippen molar-refractivity contribution in [3.05, 3.63) is 40.9 Å². The Kier molecular flexibility index (Phi) is 6.08. The summed E-state index contributed by atoms with van der Waals surface area (Å²) in [5.74, 6) is -0.439. The fraction of sp³-hybridized carbons (Fsp3) is 0.421. The first-order valence-corrected chi connectivity index (χ1v) is 9.89. The molecule has 27 heavy (non-hydrogen) atoms. The molecule has 3 amide bonds. The predicted octanol–water partition coefficient (Wildman–Crippen LogP) is 2.84. The van der Waals surface area contributed by atoms with E-state index in [1.807, 2.05) is 26.0 Å². The van der Waals surface area contributed by atoms with Crippen LogP contribution in [0.5, 0.6) is 0 Å². The van der Waals surface area contributed by atoms with Crippen LogP contribution in [0.2, 0.25) is 0 Å². The molecule has 1 aliphatic heterocycles. The van der Waals surface area contributed by atoms with E-state index in [9.17, 15) is 9.59 Å². The summed E-state index contributed by atoms with van der Waals surface area (Å²) in [6.07, 6.45) is 0.914. The van der Waals surface area contributed by atoms with Gasteiger partial charge in [-0.1, -0.05) is 31.2 Å². The van der Waals surface area contributed by atoms with Gasteiger partial charge in [0.2, 0.25) is 0 Å². The number of ether oxygens (including phenoxy) is 1. The molecule has 0 saturated carbocycles. The minimum absolute atomic E-state index is 0.0320. The second-order valence-corrected chi connectivity index (χ2v) is 7.49. The van der Waals surface area contributed by atoms with Crippen molar-refractivity contribution in [3.63, 3.8) is 0 Å². The number of hydrogen-bond donors (Lipinski definition) is 2. The summed E-state index contributed by atoms with van der Waals surface area (Å²) in [4.78, 5) is 30.5. The van der Waals surface area contributed by atoms with E-state index in [0.29, 0.717) is 13.1 Å². The van der Waals surface area contributed by atoms with Crippen molar-refractivity contribution >= 4 is 23.3 Å². The first-order chi connectivity index (χ1) is 13.0. The molecule has 7 nitrogen and oxygen atoms in total. The van der Waals surface area contributed by atoms with Gasteiger partial charge < -0.3 is 9.64 Å². The zero-order chi connectivity index (χ0) is 19.4. The minimum atomic E-state index is -0.439. The normalized spacial score (nSPS) is 19.6. The van der Waals surface area contributed by atoms with Crippen molar-refractivity contribution in [1.82, 2.24) is 20.7 Å². The number of rotatable bonds is 3. The van der Waals surface area contributed by atoms with E-state index in [2.05, 4.69) is 34.9 Å². The fourth-order valence-corrected chi connectivity index (χ4v) is 3.80. The molecule has 1 aliphatic rings. The highest BCUT2D eigenvalue weighted by Crippen LogP contribution is 2.24. The Balaban J connectivity index is 1.57. The van der Waals surface area contributed by atoms with E-state index >= 15 is 0 Å². The number of benzene rings is 1. The highest BCUT2D eigenvalue weighted by Gasteiger charge is 2.26. The van der Waals surface area contributed by atoms with Crippen molar-refractivity contribution in [3.8, 4) is 10.6 Å². The molecule has 1 saturated heterocycles. The Bertz CT molecular complexity index is 796. The van der Waals surface area contributed by atoms with Gasteiger partial charge in [0.15, 0.2) is 0 Å². The molecule has 0 bridgehead atoms. The van der Waals surface area contributed by atoms with Crippen LogP contribution in [0.1, 0.15) is 36.8 Å². The molecule has 2 unspecified atom stereocenters. The molecule has 1 fully saturated rings. The number of hydrazine groups is 1. The second kappa shape index (κ2) is 8.49. The number of nitrogens with zero attached hydrogens (tertiary/aromatic N) is 2. The van der Waals surface area contributed by atoms with Crippen LogP contribution in [0.3, 0.4) is 0 Å². The summed E-state index contributed by atoms with van der Waals surface area (Å²) in [6.45, 7) is 6.91. The van der Waals surface area contributed by atoms with Crippen molar-refractivity contribution in [2.45, 2.75) is 39.4 Å². The first-order valence-electron chi connectivity index (χ1n) is 9.01. The molecule has 0 radical (unpaired) electrons. The molecule has 0 aliphatic carbocycles. The van der Waals surface area contributed by atoms with Gasteiger partial charge in [0.1, 0.15) is 10.7 Å². The SMILES string of the molecule is CCc1ccc(-c2nc(C(=O)NNC(=O)N3CC(C)OC(C)C3)cs2)cc1. The van der Waals surface area contributed by atoms with Crippen LogP contribution in [-0.2, 0) is 11.2 Å². The van der Waals surface area contributed by atoms with Gasteiger partial charge >= 0.3 is 6.03 Å². The van der Waals surface area contributed by atoms with Crippen molar-refractivity contribution in [2.75, 3.05) is 13.1 Å². The van der Waals surface area contributed by atoms with E-state index in [4.69, 9.17) is 4.74 Å². The van der Waals surface area contributed by atoms with Gasteiger partial charge in [0.25, 0.3) is 5.91 Å². The number of thiazole rings is 1. The number of aryl methyl sites for hydroxylation is 1. The van der Waals surface area contributed by atoms with Crippen molar-refractivity contribution < 1.29 is 14.3 Å². The fourth-order valence-electron chi connectivity index (χ4n) is 2.99. The number of carbonyl (C=O) groups is 2. The third kappa shape index (κ3) is 4.84. The van der Waals surface area contributed by atoms with Gasteiger partial charge in [-0.2, -0.15) is 0 Å². The zero-order valence-electron chi connectivity index (χ0n) is 15.7. The summed E-state index contributed by atoms with van der Waals surface area (Å²) in [5.41, 5.74) is 7.38. The summed E-state index contributed by atoms with van der Waals surface area (Å²) in [5, 5.41) is 2.45. The number of aromatic nitrogens is 1. The van der Waals surface area contributed by atoms with Crippen LogP contribution in [0, 0.1) is 0 Å². The van der Waals surface area contributed by atoms with Crippen LogP contribution >= 0.6 is 11.3 Å². The predicted molar refractivity (Wildman–Crippen MR) is 105 cm³/mol. The molecule has 1 aromatic heterocycles. The van der Waals surface area contributed by atoms with Crippen LogP contribution in [0.15, 0.2) is 29.6 Å². The minimum Gasteiger partial charge on any atom is -0.372 e. The molecule has 2 aromatic rings. The molecule has 8 heteroatoms. The van der Waals surface area contributed by atoms with Gasteiger partial charge in [0, 0.05) is 24.0 Å². The van der Waals surface area contributed by atoms with Gasteiger partial charge in [0.05, 0.1) is 12.2 Å². The molecule has 1 aromatic carbocycles. The van der Waals surface area contributed by atoms with E-state index in [-0.39, 0.29) is 23.9 Å². The summed E-state index contributed by atoms with van der Waals surface area (Å²) >= 11 is 1.40. The molecule has 2 N–H and O–H groups in total. The first kappa shape index (κ1) is 19.3. The Morgan fingerprint density at radius 1 is 1.19 bits per heavy atom. The second-order valence-electron chi connectivity index (χ2n) is 6.63. The molecule has 0 spiro atoms. The lowest BCUT2D eigenvalue weighted by Crippen LogP contribution is -2.55. The maximum absolute atomic E-state index is 12.3. The number of carbonyl (C=O) groups excluding carboxylic acids is 2. The van der Waals surface area contributed by atoms with Gasteiger partial charge in [-0.15, -0.1) is 11.3 Å². The zero-order valence-corrected chi connectivity index (χ0v) is 16.5. The lowest BCUT2D eigenvalue weighted by molar-refractivity contribution is -0.0547. The third-order valence-electron chi connectivity index (χ3n) is 4.34. The topological polar surface area (TPSA) is 83.6 Å². The van der Waals surface area contributed by atoms with Gasteiger partial charge in [-0.05, 0) is 25.8 Å². The lowest BCUT2D eigenvalue weighted by atomic mass is 10.1. The number of hydrogen-bond acceptors (Lipinski definition) is 5. The van der Waals surface area contributed by atoms with Gasteiger partial charge in [-0.3, -0.25) is 10.2 Å². The van der Waals surface area contributed by atoms with Crippen molar-refractivity contribution in [1.29, 1.82) is 0 Å². The van der Waals surface area contributed by atoms with Crippen molar-refractivity contribution in [2.24, 2.45) is 0 Å². The molecule has 2 atom stereocenters. The third-order valence-corrected chi connectivity index (χ3v) is 5.23. The number of nitrogens with one attached hydrogen (secondary N) is 2. The standard InChI is InChI=1S/C19H24N4O3S/c1-4-14-5-7-15(8-6-14)18-20-16(11-27-18)17(24)21-22-19(25)23-9-12(2)26-13(3)10-23/h5-8,11-13H,4,9-10H2,1-3H3,(H,21,24)(H,22,25). The molecule has 144 valence electrons. The maximum atomic E-state index is 12.3. The molecule has 3 rings (SSSR count). The average Bonchev–Trinajstić information content (AvgIpc) is 3.15. The quantitative estimate of drug-likeness (QED) is 0.792. The summed E-state index contributed by atoms with van der Waals surface area (Å²) in [7, 11) is 0. The Hall–Kier alpha value is -2.45. The average molecular weight is 388 g/mol. The van der Waals surface area contributed by atoms with Crippen LogP contribution < -0.4 is 10.9 Å². The maximum Gasteiger partial charge on any atom is 0.336 e. The highest BCUT2D eigenvalue weighted by atomic mass is 32.1. The Morgan fingerprint density at radius 3 is 2.48 bits per heavy atom. The Morgan fingerprint density at radius 2 is 1.85 bits per heavy atom. The van der Waals surface area contributed by atoms with Crippen LogP contribution in [0.4, 0.5) is 4.79 Å². The van der Waals surface area contributed by atoms with E-state index < -0.39 is 5.91 Å². The smallest absolute Gasteiger partial charge is 0.336 e. The lowest BCUT2D eigenvalue weighted by Gasteiger charge is -2.35. The molecule has 2 heterocycles. The largest absolute Gasteiger partial charge is 0.372 e. The summed E-state index contributed by atoms with van der Waals surface area (Å²) < 4.78 is 5.60.